The molecule has 2 aromatic carbocycles. The Bertz CT molecular complexity index is 1590. The molecule has 43 heavy (non-hydrogen) atoms. The van der Waals surface area contributed by atoms with Gasteiger partial charge in [-0.25, -0.2) is 9.18 Å². The number of aliphatic hydroxyl groups excluding tert-OH is 1. The summed E-state index contributed by atoms with van der Waals surface area (Å²) in [6.07, 6.45) is 7.71. The summed E-state index contributed by atoms with van der Waals surface area (Å²) in [4.78, 5) is 24.4. The van der Waals surface area contributed by atoms with Crippen molar-refractivity contribution in [2.75, 3.05) is 20.2 Å². The molecule has 1 aliphatic carbocycles. The van der Waals surface area contributed by atoms with Gasteiger partial charge < -0.3 is 26.9 Å². The van der Waals surface area contributed by atoms with Gasteiger partial charge in [-0.3, -0.25) is 9.56 Å². The number of aliphatic imine (C=N–C) groups is 1. The lowest BCUT2D eigenvalue weighted by Gasteiger charge is -2.11. The predicted octanol–water partition coefficient (Wildman–Crippen LogP) is 4.70. The Morgan fingerprint density at radius 2 is 1.95 bits per heavy atom. The Kier molecular flexibility index (Phi) is 11.5. The van der Waals surface area contributed by atoms with Crippen LogP contribution < -0.4 is 22.5 Å². The van der Waals surface area contributed by atoms with Crippen LogP contribution in [0.15, 0.2) is 58.4 Å². The highest BCUT2D eigenvalue weighted by Gasteiger charge is 2.27. The number of aromatic nitrogens is 3. The second-order valence-corrected chi connectivity index (χ2v) is 11.3. The molecule has 9 nitrogen and oxygen atoms in total. The van der Waals surface area contributed by atoms with Crippen molar-refractivity contribution in [3.05, 3.63) is 81.1 Å². The third-order valence-electron chi connectivity index (χ3n) is 7.53. The summed E-state index contributed by atoms with van der Waals surface area (Å²) in [6.45, 7) is 4.03. The van der Waals surface area contributed by atoms with Gasteiger partial charge in [0.2, 0.25) is 0 Å². The molecule has 0 amide bonds. The Morgan fingerprint density at radius 3 is 2.65 bits per heavy atom. The molecular formula is C32H41ClFN7O2. The van der Waals surface area contributed by atoms with Gasteiger partial charge in [-0.1, -0.05) is 23.7 Å². The zero-order valence-corrected chi connectivity index (χ0v) is 25.5. The fourth-order valence-corrected chi connectivity index (χ4v) is 5.32. The van der Waals surface area contributed by atoms with Crippen LogP contribution in [0.25, 0.3) is 28.0 Å². The van der Waals surface area contributed by atoms with Gasteiger partial charge in [0.05, 0.1) is 22.2 Å². The average molecular weight is 610 g/mol. The molecule has 0 aliphatic heterocycles. The molecule has 1 aliphatic rings. The molecule has 2 heterocycles. The number of aliphatic hydroxyl groups is 1. The van der Waals surface area contributed by atoms with Crippen LogP contribution in [-0.4, -0.2) is 51.7 Å². The number of rotatable bonds is 13. The second-order valence-electron chi connectivity index (χ2n) is 10.9. The lowest BCUT2D eigenvalue weighted by molar-refractivity contribution is 0.399. The molecule has 1 fully saturated rings. The van der Waals surface area contributed by atoms with Gasteiger partial charge in [0.25, 0.3) is 0 Å². The topological polar surface area (TPSA) is 147 Å². The lowest BCUT2D eigenvalue weighted by Crippen LogP contribution is -2.22. The van der Waals surface area contributed by atoms with Crippen LogP contribution in [0.5, 0.6) is 0 Å². The van der Waals surface area contributed by atoms with Gasteiger partial charge in [-0.15, -0.1) is 0 Å². The lowest BCUT2D eigenvalue weighted by atomic mass is 10.00. The van der Waals surface area contributed by atoms with Crippen molar-refractivity contribution in [1.29, 1.82) is 0 Å². The number of benzene rings is 2. The van der Waals surface area contributed by atoms with E-state index in [1.807, 2.05) is 30.3 Å². The van der Waals surface area contributed by atoms with E-state index in [1.54, 1.807) is 25.3 Å². The highest BCUT2D eigenvalue weighted by Crippen LogP contribution is 2.34. The highest BCUT2D eigenvalue weighted by atomic mass is 35.5. The summed E-state index contributed by atoms with van der Waals surface area (Å²) in [5, 5.41) is 11.1. The maximum absolute atomic E-state index is 15.1. The number of fused-ring (bicyclic) bond motifs is 1. The van der Waals surface area contributed by atoms with Crippen LogP contribution in [0.2, 0.25) is 5.02 Å². The summed E-state index contributed by atoms with van der Waals surface area (Å²) in [5.74, 6) is 0.756. The predicted molar refractivity (Wildman–Crippen MR) is 172 cm³/mol. The van der Waals surface area contributed by atoms with E-state index in [0.29, 0.717) is 52.8 Å². The van der Waals surface area contributed by atoms with Crippen molar-refractivity contribution in [2.24, 2.45) is 22.4 Å². The molecule has 5 rings (SSSR count). The zero-order valence-electron chi connectivity index (χ0n) is 24.7. The van der Waals surface area contributed by atoms with Crippen LogP contribution in [0.3, 0.4) is 0 Å². The number of hydrogen-bond donors (Lipinski definition) is 5. The molecular weight excluding hydrogens is 569 g/mol. The molecule has 0 bridgehead atoms. The van der Waals surface area contributed by atoms with E-state index >= 15 is 4.39 Å². The molecule has 0 saturated heterocycles. The van der Waals surface area contributed by atoms with Crippen molar-refractivity contribution >= 4 is 28.5 Å². The maximum atomic E-state index is 15.1. The number of nitrogens with one attached hydrogen (secondary N) is 2. The first-order valence-electron chi connectivity index (χ1n) is 14.7. The first-order valence-corrected chi connectivity index (χ1v) is 15.0. The normalized spacial score (nSPS) is 14.0. The van der Waals surface area contributed by atoms with E-state index in [-0.39, 0.29) is 11.1 Å². The number of aryl methyl sites for hydroxylation is 1. The monoisotopic (exact) mass is 609 g/mol. The number of nitrogens with two attached hydrogens (primary N) is 2. The van der Waals surface area contributed by atoms with Gasteiger partial charge in [0, 0.05) is 43.4 Å². The van der Waals surface area contributed by atoms with Crippen LogP contribution in [0, 0.1) is 11.7 Å². The third-order valence-corrected chi connectivity index (χ3v) is 7.81. The molecule has 230 valence electrons. The Morgan fingerprint density at radius 1 is 1.21 bits per heavy atom. The van der Waals surface area contributed by atoms with Crippen molar-refractivity contribution in [3.8, 4) is 16.9 Å². The number of amidine groups is 1. The van der Waals surface area contributed by atoms with E-state index in [4.69, 9.17) is 28.2 Å². The fourth-order valence-electron chi connectivity index (χ4n) is 5.08. The third kappa shape index (κ3) is 8.73. The summed E-state index contributed by atoms with van der Waals surface area (Å²) < 4.78 is 16.6. The average Bonchev–Trinajstić information content (AvgIpc) is 3.77. The van der Waals surface area contributed by atoms with Crippen molar-refractivity contribution in [2.45, 2.75) is 58.0 Å². The molecule has 1 atom stereocenters. The van der Waals surface area contributed by atoms with E-state index < -0.39 is 11.5 Å². The first-order chi connectivity index (χ1) is 20.8. The standard InChI is InChI=1S/C31H37ClFN7O.CH4O/c1-19(34)37-13-3-12-36-17-20-6-10-24(11-7-20)40-18-23-16-28(38-30(23)39-31(40)41)25-14-21(15-26(32)29(25)33)4-2-5-27(35)22-8-9-22;1-2/h6-7,10-11,14-16,18,22,27,36H,2-5,8-9,12-13,17,35H2,1H3,(H2,34,37)(H,38,39,41);2H,1H3. The number of hydrogen-bond acceptors (Lipinski definition) is 6. The SMILES string of the molecule is CC(N)=NCCCNCc1ccc(-n2cc3cc(-c4cc(CCCC(N)C5CC5)cc(Cl)c4F)[nH]c3nc2=O)cc1.CO. The molecule has 2 aromatic heterocycles. The molecule has 7 N–H and O–H groups in total. The molecule has 0 spiro atoms. The highest BCUT2D eigenvalue weighted by molar-refractivity contribution is 6.31. The number of nitrogens with zero attached hydrogens (tertiary/aromatic N) is 3. The van der Waals surface area contributed by atoms with Crippen LogP contribution in [0.4, 0.5) is 4.39 Å². The summed E-state index contributed by atoms with van der Waals surface area (Å²) in [5.41, 5.74) is 15.4. The van der Waals surface area contributed by atoms with Crippen molar-refractivity contribution in [3.63, 3.8) is 0 Å². The fraction of sp³-hybridized carbons (Fsp3) is 0.406. The minimum absolute atomic E-state index is 0.0731. The van der Waals surface area contributed by atoms with Gasteiger partial charge in [-0.2, -0.15) is 4.98 Å². The molecule has 11 heteroatoms. The molecule has 0 radical (unpaired) electrons. The van der Waals surface area contributed by atoms with E-state index in [9.17, 15) is 4.79 Å². The quantitative estimate of drug-likeness (QED) is 0.0843. The molecule has 4 aromatic rings. The largest absolute Gasteiger partial charge is 0.400 e. The second kappa shape index (κ2) is 15.2. The van der Waals surface area contributed by atoms with Gasteiger partial charge in [0.1, 0.15) is 5.65 Å². The Labute approximate surface area is 256 Å². The molecule has 1 unspecified atom stereocenters. The Balaban J connectivity index is 0.00000207. The minimum atomic E-state index is -0.502. The summed E-state index contributed by atoms with van der Waals surface area (Å²) in [7, 11) is 1.00. The van der Waals surface area contributed by atoms with Crippen LogP contribution in [-0.2, 0) is 13.0 Å². The number of H-pyrrole nitrogens is 1. The van der Waals surface area contributed by atoms with Crippen molar-refractivity contribution < 1.29 is 9.50 Å². The smallest absolute Gasteiger partial charge is 0.354 e. The first kappa shape index (κ1) is 32.3. The zero-order chi connectivity index (χ0) is 30.9. The van der Waals surface area contributed by atoms with E-state index in [2.05, 4.69) is 20.3 Å². The van der Waals surface area contributed by atoms with Crippen molar-refractivity contribution in [1.82, 2.24) is 19.9 Å². The number of halogens is 2. The minimum Gasteiger partial charge on any atom is -0.400 e. The van der Waals surface area contributed by atoms with E-state index in [0.717, 1.165) is 50.5 Å². The van der Waals surface area contributed by atoms with Crippen LogP contribution >= 0.6 is 11.6 Å². The maximum Gasteiger partial charge on any atom is 0.354 e. The Hall–Kier alpha value is -3.57. The van der Waals surface area contributed by atoms with Gasteiger partial charge in [-0.05, 0) is 99.4 Å². The summed E-state index contributed by atoms with van der Waals surface area (Å²) >= 11 is 6.28. The molecule has 1 saturated carbocycles. The van der Waals surface area contributed by atoms with Gasteiger partial charge >= 0.3 is 5.69 Å². The number of aromatic amines is 1. The summed E-state index contributed by atoms with van der Waals surface area (Å²) in [6, 6.07) is 13.3. The van der Waals surface area contributed by atoms with E-state index in [1.165, 1.54) is 17.4 Å². The van der Waals surface area contributed by atoms with Crippen LogP contribution in [0.1, 0.15) is 50.2 Å². The van der Waals surface area contributed by atoms with Gasteiger partial charge in [0.15, 0.2) is 5.82 Å².